The molecule has 0 aliphatic rings. The van der Waals surface area contributed by atoms with Crippen LogP contribution in [0.25, 0.3) is 0 Å². The number of amides is 1. The van der Waals surface area contributed by atoms with Crippen molar-refractivity contribution in [3.63, 3.8) is 0 Å². The molecule has 0 spiro atoms. The Bertz CT molecular complexity index is 960. The molecule has 158 valence electrons. The second kappa shape index (κ2) is 9.14. The van der Waals surface area contributed by atoms with Crippen LogP contribution in [0.2, 0.25) is 0 Å². The van der Waals surface area contributed by atoms with Crippen LogP contribution in [0.3, 0.4) is 0 Å². The number of hydrogen-bond acceptors (Lipinski definition) is 5. The number of alkyl halides is 3. The molecular formula is C18H19F3N2O5S. The van der Waals surface area contributed by atoms with E-state index in [9.17, 15) is 26.4 Å². The lowest BCUT2D eigenvalue weighted by molar-refractivity contribution is -0.274. The molecule has 0 atom stereocenters. The Morgan fingerprint density at radius 3 is 2.34 bits per heavy atom. The molecular weight excluding hydrogens is 413 g/mol. The summed E-state index contributed by atoms with van der Waals surface area (Å²) in [5.74, 6) is -0.515. The fourth-order valence-corrected chi connectivity index (χ4v) is 3.37. The van der Waals surface area contributed by atoms with Crippen LogP contribution < -0.4 is 19.5 Å². The smallest absolute Gasteiger partial charge is 0.495 e. The van der Waals surface area contributed by atoms with Gasteiger partial charge in [0.15, 0.2) is 0 Å². The van der Waals surface area contributed by atoms with Gasteiger partial charge >= 0.3 is 6.36 Å². The normalized spacial score (nSPS) is 11.8. The molecule has 1 amide bonds. The number of ether oxygens (including phenoxy) is 2. The lowest BCUT2D eigenvalue weighted by atomic mass is 10.2. The van der Waals surface area contributed by atoms with Crippen molar-refractivity contribution in [1.82, 2.24) is 4.72 Å². The third-order valence-corrected chi connectivity index (χ3v) is 5.12. The molecule has 2 N–H and O–H groups in total. The molecule has 0 saturated heterocycles. The molecule has 0 fully saturated rings. The Morgan fingerprint density at radius 1 is 1.10 bits per heavy atom. The van der Waals surface area contributed by atoms with E-state index in [0.717, 1.165) is 29.8 Å². The summed E-state index contributed by atoms with van der Waals surface area (Å²) in [6, 6.07) is 8.94. The van der Waals surface area contributed by atoms with Gasteiger partial charge in [0.05, 0.1) is 17.7 Å². The van der Waals surface area contributed by atoms with Gasteiger partial charge in [0.2, 0.25) is 15.9 Å². The van der Waals surface area contributed by atoms with E-state index < -0.39 is 28.0 Å². The molecule has 0 aliphatic carbocycles. The van der Waals surface area contributed by atoms with E-state index in [1.807, 2.05) is 13.0 Å². The minimum absolute atomic E-state index is 0.161. The van der Waals surface area contributed by atoms with Crippen molar-refractivity contribution in [2.45, 2.75) is 24.6 Å². The molecule has 0 heterocycles. The highest BCUT2D eigenvalue weighted by Gasteiger charge is 2.31. The van der Waals surface area contributed by atoms with Crippen molar-refractivity contribution in [2.75, 3.05) is 19.0 Å². The number of hydrogen-bond donors (Lipinski definition) is 2. The Labute approximate surface area is 165 Å². The van der Waals surface area contributed by atoms with E-state index >= 15 is 0 Å². The average molecular weight is 432 g/mol. The number of anilines is 1. The zero-order chi connectivity index (χ0) is 21.7. The molecule has 0 radical (unpaired) electrons. The second-order valence-electron chi connectivity index (χ2n) is 5.92. The first kappa shape index (κ1) is 22.5. The van der Waals surface area contributed by atoms with Crippen LogP contribution in [-0.4, -0.2) is 34.3 Å². The van der Waals surface area contributed by atoms with Gasteiger partial charge in [-0.1, -0.05) is 6.07 Å². The highest BCUT2D eigenvalue weighted by atomic mass is 32.2. The first-order valence-electron chi connectivity index (χ1n) is 8.30. The molecule has 2 aromatic rings. The SMILES string of the molecule is COc1ccc(C)cc1NC(=O)CCNS(=O)(=O)c1ccc(OC(F)(F)F)cc1. The van der Waals surface area contributed by atoms with Gasteiger partial charge in [-0.15, -0.1) is 13.2 Å². The van der Waals surface area contributed by atoms with Gasteiger partial charge in [-0.2, -0.15) is 0 Å². The number of carbonyl (C=O) groups excluding carboxylic acids is 1. The van der Waals surface area contributed by atoms with E-state index in [4.69, 9.17) is 4.74 Å². The summed E-state index contributed by atoms with van der Waals surface area (Å²) >= 11 is 0. The van der Waals surface area contributed by atoms with Crippen LogP contribution >= 0.6 is 0 Å². The van der Waals surface area contributed by atoms with Gasteiger partial charge in [-0.3, -0.25) is 4.79 Å². The Hall–Kier alpha value is -2.79. The molecule has 0 aliphatic heterocycles. The number of aryl methyl sites for hydroxylation is 1. The first-order valence-corrected chi connectivity index (χ1v) is 9.78. The first-order chi connectivity index (χ1) is 13.5. The third-order valence-electron chi connectivity index (χ3n) is 3.64. The van der Waals surface area contributed by atoms with Crippen LogP contribution in [0, 0.1) is 6.92 Å². The second-order valence-corrected chi connectivity index (χ2v) is 7.69. The van der Waals surface area contributed by atoms with E-state index in [1.165, 1.54) is 7.11 Å². The van der Waals surface area contributed by atoms with Gasteiger partial charge in [-0.05, 0) is 48.9 Å². The van der Waals surface area contributed by atoms with E-state index in [0.29, 0.717) is 11.4 Å². The van der Waals surface area contributed by atoms with Crippen molar-refractivity contribution in [2.24, 2.45) is 0 Å². The van der Waals surface area contributed by atoms with Crippen LogP contribution in [0.4, 0.5) is 18.9 Å². The van der Waals surface area contributed by atoms with Crippen LogP contribution in [0.1, 0.15) is 12.0 Å². The molecule has 7 nitrogen and oxygen atoms in total. The maximum absolute atomic E-state index is 12.2. The molecule has 2 aromatic carbocycles. The molecule has 0 aromatic heterocycles. The maximum atomic E-state index is 12.2. The van der Waals surface area contributed by atoms with E-state index in [2.05, 4.69) is 14.8 Å². The summed E-state index contributed by atoms with van der Waals surface area (Å²) in [5, 5.41) is 2.64. The molecule has 11 heteroatoms. The highest BCUT2D eigenvalue weighted by Crippen LogP contribution is 2.25. The molecule has 0 bridgehead atoms. The van der Waals surface area contributed by atoms with Crippen molar-refractivity contribution >= 4 is 21.6 Å². The summed E-state index contributed by atoms with van der Waals surface area (Å²) in [7, 11) is -2.54. The van der Waals surface area contributed by atoms with Crippen molar-refractivity contribution < 1.29 is 35.9 Å². The molecule has 29 heavy (non-hydrogen) atoms. The van der Waals surface area contributed by atoms with Crippen LogP contribution in [0.15, 0.2) is 47.4 Å². The quantitative estimate of drug-likeness (QED) is 0.668. The highest BCUT2D eigenvalue weighted by molar-refractivity contribution is 7.89. The van der Waals surface area contributed by atoms with Gasteiger partial charge < -0.3 is 14.8 Å². The monoisotopic (exact) mass is 432 g/mol. The van der Waals surface area contributed by atoms with Gasteiger partial charge in [0.1, 0.15) is 11.5 Å². The van der Waals surface area contributed by atoms with Crippen molar-refractivity contribution in [3.05, 3.63) is 48.0 Å². The lowest BCUT2D eigenvalue weighted by Crippen LogP contribution is -2.28. The minimum atomic E-state index is -4.87. The van der Waals surface area contributed by atoms with Gasteiger partial charge in [0.25, 0.3) is 0 Å². The number of nitrogens with one attached hydrogen (secondary N) is 2. The Balaban J connectivity index is 1.92. The average Bonchev–Trinajstić information content (AvgIpc) is 2.61. The van der Waals surface area contributed by atoms with Gasteiger partial charge in [0, 0.05) is 13.0 Å². The standard InChI is InChI=1S/C18H19F3N2O5S/c1-12-3-8-16(27-2)15(11-12)23-17(24)9-10-22-29(25,26)14-6-4-13(5-7-14)28-18(19,20)21/h3-8,11,22H,9-10H2,1-2H3,(H,23,24). The topological polar surface area (TPSA) is 93.7 Å². The van der Waals surface area contributed by atoms with Crippen LogP contribution in [-0.2, 0) is 14.8 Å². The Kier molecular flexibility index (Phi) is 7.09. The number of halogens is 3. The zero-order valence-corrected chi connectivity index (χ0v) is 16.4. The fourth-order valence-electron chi connectivity index (χ4n) is 2.33. The summed E-state index contributed by atoms with van der Waals surface area (Å²) in [6.45, 7) is 1.64. The number of methoxy groups -OCH3 is 1. The molecule has 0 saturated carbocycles. The van der Waals surface area contributed by atoms with Crippen molar-refractivity contribution in [3.8, 4) is 11.5 Å². The maximum Gasteiger partial charge on any atom is 0.573 e. The molecule has 0 unspecified atom stereocenters. The zero-order valence-electron chi connectivity index (χ0n) is 15.5. The predicted octanol–water partition coefficient (Wildman–Crippen LogP) is 3.21. The number of benzene rings is 2. The fraction of sp³-hybridized carbons (Fsp3) is 0.278. The minimum Gasteiger partial charge on any atom is -0.495 e. The lowest BCUT2D eigenvalue weighted by Gasteiger charge is -2.12. The summed E-state index contributed by atoms with van der Waals surface area (Å²) in [4.78, 5) is 11.8. The van der Waals surface area contributed by atoms with E-state index in [-0.39, 0.29) is 17.9 Å². The number of carbonyl (C=O) groups is 1. The van der Waals surface area contributed by atoms with Gasteiger partial charge in [-0.25, -0.2) is 13.1 Å². The largest absolute Gasteiger partial charge is 0.573 e. The number of sulfonamides is 1. The van der Waals surface area contributed by atoms with E-state index in [1.54, 1.807) is 12.1 Å². The third kappa shape index (κ3) is 6.95. The summed E-state index contributed by atoms with van der Waals surface area (Å²) in [5.41, 5.74) is 1.36. The Morgan fingerprint density at radius 2 is 1.76 bits per heavy atom. The molecule has 2 rings (SSSR count). The summed E-state index contributed by atoms with van der Waals surface area (Å²) < 4.78 is 71.9. The summed E-state index contributed by atoms with van der Waals surface area (Å²) in [6.07, 6.45) is -5.03. The van der Waals surface area contributed by atoms with Crippen LogP contribution in [0.5, 0.6) is 11.5 Å². The van der Waals surface area contributed by atoms with Crippen molar-refractivity contribution in [1.29, 1.82) is 0 Å². The number of rotatable bonds is 8. The predicted molar refractivity (Wildman–Crippen MR) is 99.3 cm³/mol.